The van der Waals surface area contributed by atoms with Crippen LogP contribution in [0.15, 0.2) is 0 Å². The molecule has 3 N–H and O–H groups in total. The number of hydrogen-bond donors (Lipinski definition) is 3. The van der Waals surface area contributed by atoms with Gasteiger partial charge in [0.15, 0.2) is 0 Å². The van der Waals surface area contributed by atoms with Gasteiger partial charge in [0, 0.05) is 39.3 Å². The van der Waals surface area contributed by atoms with Gasteiger partial charge in [-0.1, -0.05) is 13.8 Å². The van der Waals surface area contributed by atoms with Crippen LogP contribution >= 0.6 is 0 Å². The van der Waals surface area contributed by atoms with Gasteiger partial charge < -0.3 is 15.7 Å². The average molecular weight is 243 g/mol. The minimum Gasteiger partial charge on any atom is -0.480 e. The summed E-state index contributed by atoms with van der Waals surface area (Å²) in [6.45, 7) is 9.70. The van der Waals surface area contributed by atoms with E-state index in [1.807, 2.05) is 13.8 Å². The van der Waals surface area contributed by atoms with Crippen LogP contribution in [0.5, 0.6) is 0 Å². The molecule has 17 heavy (non-hydrogen) atoms. The third kappa shape index (κ3) is 3.94. The molecule has 1 heterocycles. The number of rotatable bonds is 7. The molecule has 0 radical (unpaired) electrons. The zero-order valence-electron chi connectivity index (χ0n) is 11.0. The van der Waals surface area contributed by atoms with Crippen molar-refractivity contribution in [2.24, 2.45) is 0 Å². The van der Waals surface area contributed by atoms with Gasteiger partial charge >= 0.3 is 5.97 Å². The zero-order valence-corrected chi connectivity index (χ0v) is 11.0. The van der Waals surface area contributed by atoms with Crippen molar-refractivity contribution in [3.63, 3.8) is 0 Å². The average Bonchev–Trinajstić information content (AvgIpc) is 2.36. The van der Waals surface area contributed by atoms with Crippen molar-refractivity contribution in [1.29, 1.82) is 0 Å². The van der Waals surface area contributed by atoms with E-state index in [1.165, 1.54) is 0 Å². The Balaban J connectivity index is 2.33. The standard InChI is InChI=1S/C12H25N3O2/c1-3-12(4-2,11(16)17)14-7-10-15-8-5-13-6-9-15/h13-14H,3-10H2,1-2H3,(H,16,17). The van der Waals surface area contributed by atoms with Crippen molar-refractivity contribution in [3.05, 3.63) is 0 Å². The summed E-state index contributed by atoms with van der Waals surface area (Å²) in [7, 11) is 0. The maximum Gasteiger partial charge on any atom is 0.323 e. The van der Waals surface area contributed by atoms with Crippen molar-refractivity contribution in [1.82, 2.24) is 15.5 Å². The van der Waals surface area contributed by atoms with Gasteiger partial charge in [0.1, 0.15) is 5.54 Å². The van der Waals surface area contributed by atoms with Gasteiger partial charge in [0.2, 0.25) is 0 Å². The van der Waals surface area contributed by atoms with Gasteiger partial charge in [-0.3, -0.25) is 9.69 Å². The molecule has 1 aliphatic rings. The normalized spacial score (nSPS) is 18.2. The van der Waals surface area contributed by atoms with E-state index in [2.05, 4.69) is 15.5 Å². The smallest absolute Gasteiger partial charge is 0.323 e. The number of carboxylic acid groups (broad SMARTS) is 1. The van der Waals surface area contributed by atoms with Gasteiger partial charge in [-0.05, 0) is 12.8 Å². The molecule has 0 bridgehead atoms. The molecular formula is C12H25N3O2. The Hall–Kier alpha value is -0.650. The summed E-state index contributed by atoms with van der Waals surface area (Å²) in [6.07, 6.45) is 1.25. The molecule has 0 unspecified atom stereocenters. The highest BCUT2D eigenvalue weighted by molar-refractivity contribution is 5.78. The summed E-state index contributed by atoms with van der Waals surface area (Å²) in [6, 6.07) is 0. The van der Waals surface area contributed by atoms with E-state index in [0.29, 0.717) is 12.8 Å². The van der Waals surface area contributed by atoms with Gasteiger partial charge in [-0.15, -0.1) is 0 Å². The second-order valence-electron chi connectivity index (χ2n) is 4.61. The second-order valence-corrected chi connectivity index (χ2v) is 4.61. The Bertz CT molecular complexity index is 236. The van der Waals surface area contributed by atoms with Gasteiger partial charge in [0.25, 0.3) is 0 Å². The number of aliphatic carboxylic acids is 1. The number of carbonyl (C=O) groups is 1. The lowest BCUT2D eigenvalue weighted by Crippen LogP contribution is -2.54. The largest absolute Gasteiger partial charge is 0.480 e. The fraction of sp³-hybridized carbons (Fsp3) is 0.917. The van der Waals surface area contributed by atoms with E-state index in [9.17, 15) is 9.90 Å². The van der Waals surface area contributed by atoms with Crippen LogP contribution in [-0.4, -0.2) is 60.8 Å². The predicted octanol–water partition coefficient (Wildman–Crippen LogP) is 0.125. The van der Waals surface area contributed by atoms with Gasteiger partial charge in [-0.25, -0.2) is 0 Å². The summed E-state index contributed by atoms with van der Waals surface area (Å²) in [5, 5.41) is 15.8. The molecule has 5 heteroatoms. The van der Waals surface area contributed by atoms with Crippen LogP contribution in [0, 0.1) is 0 Å². The Morgan fingerprint density at radius 3 is 2.41 bits per heavy atom. The summed E-state index contributed by atoms with van der Waals surface area (Å²) < 4.78 is 0. The van der Waals surface area contributed by atoms with E-state index in [0.717, 1.165) is 39.3 Å². The van der Waals surface area contributed by atoms with Crippen molar-refractivity contribution in [2.45, 2.75) is 32.2 Å². The van der Waals surface area contributed by atoms with Crippen LogP contribution in [0.2, 0.25) is 0 Å². The number of hydrogen-bond acceptors (Lipinski definition) is 4. The minimum absolute atomic E-state index is 0.625. The molecule has 100 valence electrons. The van der Waals surface area contributed by atoms with Crippen LogP contribution in [0.1, 0.15) is 26.7 Å². The molecule has 5 nitrogen and oxygen atoms in total. The lowest BCUT2D eigenvalue weighted by Gasteiger charge is -2.31. The molecule has 0 saturated carbocycles. The van der Waals surface area contributed by atoms with E-state index in [-0.39, 0.29) is 0 Å². The van der Waals surface area contributed by atoms with Gasteiger partial charge in [-0.2, -0.15) is 0 Å². The quantitative estimate of drug-likeness (QED) is 0.593. The first-order valence-electron chi connectivity index (χ1n) is 6.56. The predicted molar refractivity (Wildman–Crippen MR) is 68.3 cm³/mol. The molecule has 1 fully saturated rings. The van der Waals surface area contributed by atoms with Crippen LogP contribution in [0.25, 0.3) is 0 Å². The third-order valence-electron chi connectivity index (χ3n) is 3.72. The molecule has 0 atom stereocenters. The Morgan fingerprint density at radius 1 is 1.35 bits per heavy atom. The van der Waals surface area contributed by atoms with Crippen molar-refractivity contribution in [3.8, 4) is 0 Å². The Labute approximate surface area is 104 Å². The maximum absolute atomic E-state index is 11.3. The minimum atomic E-state index is -0.742. The summed E-state index contributed by atoms with van der Waals surface area (Å²) >= 11 is 0. The first kappa shape index (κ1) is 14.4. The Morgan fingerprint density at radius 2 is 1.94 bits per heavy atom. The fourth-order valence-corrected chi connectivity index (χ4v) is 2.27. The summed E-state index contributed by atoms with van der Waals surface area (Å²) in [5.74, 6) is -0.734. The molecule has 1 rings (SSSR count). The molecular weight excluding hydrogens is 218 g/mol. The molecule has 0 aliphatic carbocycles. The highest BCUT2D eigenvalue weighted by atomic mass is 16.4. The fourth-order valence-electron chi connectivity index (χ4n) is 2.27. The molecule has 0 aromatic heterocycles. The number of carboxylic acids is 1. The SMILES string of the molecule is CCC(CC)(NCCN1CCNCC1)C(=O)O. The van der Waals surface area contributed by atoms with Crippen LogP contribution in [0.3, 0.4) is 0 Å². The van der Waals surface area contributed by atoms with Crippen LogP contribution < -0.4 is 10.6 Å². The summed E-state index contributed by atoms with van der Waals surface area (Å²) in [4.78, 5) is 13.6. The molecule has 0 aromatic carbocycles. The van der Waals surface area contributed by atoms with Crippen molar-refractivity contribution >= 4 is 5.97 Å². The number of nitrogens with one attached hydrogen (secondary N) is 2. The highest BCUT2D eigenvalue weighted by Crippen LogP contribution is 2.14. The Kier molecular flexibility index (Phi) is 5.88. The van der Waals surface area contributed by atoms with E-state index in [1.54, 1.807) is 0 Å². The van der Waals surface area contributed by atoms with Crippen LogP contribution in [-0.2, 0) is 4.79 Å². The number of piperazine rings is 1. The van der Waals surface area contributed by atoms with Crippen LogP contribution in [0.4, 0.5) is 0 Å². The van der Waals surface area contributed by atoms with Crippen molar-refractivity contribution in [2.75, 3.05) is 39.3 Å². The molecule has 0 aromatic rings. The molecule has 0 amide bonds. The second kappa shape index (κ2) is 6.93. The van der Waals surface area contributed by atoms with E-state index >= 15 is 0 Å². The third-order valence-corrected chi connectivity index (χ3v) is 3.72. The molecule has 1 aliphatic heterocycles. The lowest BCUT2D eigenvalue weighted by atomic mass is 9.93. The van der Waals surface area contributed by atoms with E-state index in [4.69, 9.17) is 0 Å². The zero-order chi connectivity index (χ0) is 12.7. The molecule has 0 spiro atoms. The van der Waals surface area contributed by atoms with Crippen molar-refractivity contribution < 1.29 is 9.90 Å². The van der Waals surface area contributed by atoms with Gasteiger partial charge in [0.05, 0.1) is 0 Å². The van der Waals surface area contributed by atoms with E-state index < -0.39 is 11.5 Å². The molecule has 1 saturated heterocycles. The number of nitrogens with zero attached hydrogens (tertiary/aromatic N) is 1. The highest BCUT2D eigenvalue weighted by Gasteiger charge is 2.33. The lowest BCUT2D eigenvalue weighted by molar-refractivity contribution is -0.145. The first-order valence-corrected chi connectivity index (χ1v) is 6.56. The maximum atomic E-state index is 11.3. The monoisotopic (exact) mass is 243 g/mol. The topological polar surface area (TPSA) is 64.6 Å². The summed E-state index contributed by atoms with van der Waals surface area (Å²) in [5.41, 5.74) is -0.742. The first-order chi connectivity index (χ1) is 8.14.